The number of nitrogens with zero attached hydrogens (tertiary/aromatic N) is 1. The van der Waals surface area contributed by atoms with Gasteiger partial charge in [0.25, 0.3) is 11.8 Å². The number of carbonyl (C=O) groups excluding carboxylic acids is 2. The number of anilines is 1. The second-order valence-corrected chi connectivity index (χ2v) is 8.66. The highest BCUT2D eigenvalue weighted by Gasteiger charge is 2.36. The van der Waals surface area contributed by atoms with Crippen LogP contribution < -0.4 is 4.90 Å². The van der Waals surface area contributed by atoms with E-state index in [0.717, 1.165) is 17.7 Å². The maximum Gasteiger partial charge on any atom is 0.266 e. The van der Waals surface area contributed by atoms with Crippen molar-refractivity contribution < 1.29 is 18.0 Å². The van der Waals surface area contributed by atoms with Gasteiger partial charge in [0, 0.05) is 0 Å². The highest BCUT2D eigenvalue weighted by molar-refractivity contribution is 7.92. The first kappa shape index (κ1) is 16.0. The Labute approximate surface area is 146 Å². The van der Waals surface area contributed by atoms with E-state index in [2.05, 4.69) is 0 Å². The molecule has 2 amide bonds. The molecule has 0 spiro atoms. The Morgan fingerprint density at radius 1 is 0.800 bits per heavy atom. The lowest BCUT2D eigenvalue weighted by molar-refractivity contribution is 0.0926. The Bertz CT molecular complexity index is 922. The average molecular weight is 355 g/mol. The van der Waals surface area contributed by atoms with Gasteiger partial charge in [-0.3, -0.25) is 9.59 Å². The molecular formula is C19H17NO4S. The van der Waals surface area contributed by atoms with Crippen molar-refractivity contribution in [2.75, 3.05) is 4.90 Å². The van der Waals surface area contributed by atoms with E-state index in [-0.39, 0.29) is 22.0 Å². The number of hydrogen-bond donors (Lipinski definition) is 0. The van der Waals surface area contributed by atoms with Crippen LogP contribution in [0, 0.1) is 0 Å². The Morgan fingerprint density at radius 2 is 1.32 bits per heavy atom. The normalized spacial score (nSPS) is 18.0. The number of carbonyl (C=O) groups is 2. The summed E-state index contributed by atoms with van der Waals surface area (Å²) in [6.45, 7) is 0. The molecule has 0 radical (unpaired) electrons. The minimum Gasteiger partial charge on any atom is -0.268 e. The van der Waals surface area contributed by atoms with Gasteiger partial charge in [0.05, 0.1) is 27.0 Å². The fourth-order valence-corrected chi connectivity index (χ4v) is 5.45. The van der Waals surface area contributed by atoms with Crippen LogP contribution in [0.25, 0.3) is 0 Å². The molecule has 4 rings (SSSR count). The average Bonchev–Trinajstić information content (AvgIpc) is 3.24. The van der Waals surface area contributed by atoms with E-state index in [1.165, 1.54) is 24.3 Å². The fraction of sp³-hybridized carbons (Fsp3) is 0.263. The largest absolute Gasteiger partial charge is 0.268 e. The highest BCUT2D eigenvalue weighted by atomic mass is 32.2. The number of amides is 2. The van der Waals surface area contributed by atoms with Crippen LogP contribution in [-0.2, 0) is 9.84 Å². The molecule has 0 saturated heterocycles. The van der Waals surface area contributed by atoms with Crippen LogP contribution in [0.3, 0.4) is 0 Å². The smallest absolute Gasteiger partial charge is 0.266 e. The summed E-state index contributed by atoms with van der Waals surface area (Å²) in [5.74, 6) is -0.765. The number of fused-ring (bicyclic) bond motifs is 1. The molecule has 25 heavy (non-hydrogen) atoms. The maximum atomic E-state index is 12.6. The second-order valence-electron chi connectivity index (χ2n) is 6.44. The van der Waals surface area contributed by atoms with Crippen molar-refractivity contribution in [2.45, 2.75) is 35.8 Å². The van der Waals surface area contributed by atoms with Gasteiger partial charge < -0.3 is 0 Å². The Morgan fingerprint density at radius 3 is 1.84 bits per heavy atom. The summed E-state index contributed by atoms with van der Waals surface area (Å²) < 4.78 is 25.3. The van der Waals surface area contributed by atoms with E-state index in [4.69, 9.17) is 0 Å². The van der Waals surface area contributed by atoms with Gasteiger partial charge in [-0.1, -0.05) is 25.0 Å². The molecule has 5 nitrogen and oxygen atoms in total. The van der Waals surface area contributed by atoms with Crippen molar-refractivity contribution in [1.29, 1.82) is 0 Å². The van der Waals surface area contributed by atoms with E-state index < -0.39 is 9.84 Å². The number of rotatable bonds is 3. The van der Waals surface area contributed by atoms with Crippen molar-refractivity contribution >= 4 is 27.3 Å². The van der Waals surface area contributed by atoms with Crippen LogP contribution in [0.2, 0.25) is 0 Å². The number of sulfone groups is 1. The van der Waals surface area contributed by atoms with Gasteiger partial charge in [-0.2, -0.15) is 0 Å². The van der Waals surface area contributed by atoms with Crippen molar-refractivity contribution in [3.8, 4) is 0 Å². The zero-order valence-corrected chi connectivity index (χ0v) is 14.3. The van der Waals surface area contributed by atoms with E-state index >= 15 is 0 Å². The molecule has 0 bridgehead atoms. The van der Waals surface area contributed by atoms with Crippen LogP contribution in [0.1, 0.15) is 46.4 Å². The lowest BCUT2D eigenvalue weighted by atomic mass is 10.1. The second kappa shape index (κ2) is 5.81. The van der Waals surface area contributed by atoms with E-state index in [1.807, 2.05) is 0 Å². The third-order valence-corrected chi connectivity index (χ3v) is 7.24. The third kappa shape index (κ3) is 2.48. The lowest BCUT2D eigenvalue weighted by Crippen LogP contribution is -2.29. The summed E-state index contributed by atoms with van der Waals surface area (Å²) in [6, 6.07) is 12.7. The molecule has 0 unspecified atom stereocenters. The maximum absolute atomic E-state index is 12.6. The summed E-state index contributed by atoms with van der Waals surface area (Å²) in [4.78, 5) is 26.3. The van der Waals surface area contributed by atoms with Gasteiger partial charge in [-0.25, -0.2) is 13.3 Å². The number of hydrogen-bond acceptors (Lipinski definition) is 4. The van der Waals surface area contributed by atoms with Crippen molar-refractivity contribution in [1.82, 2.24) is 0 Å². The molecular weight excluding hydrogens is 338 g/mol. The van der Waals surface area contributed by atoms with E-state index in [9.17, 15) is 18.0 Å². The summed E-state index contributed by atoms with van der Waals surface area (Å²) in [5, 5.41) is -0.322. The predicted molar refractivity (Wildman–Crippen MR) is 93.5 cm³/mol. The first-order valence-electron chi connectivity index (χ1n) is 8.32. The van der Waals surface area contributed by atoms with Gasteiger partial charge in [0.15, 0.2) is 9.84 Å². The molecule has 2 aromatic rings. The molecule has 0 aromatic heterocycles. The number of imide groups is 1. The summed E-state index contributed by atoms with van der Waals surface area (Å²) in [7, 11) is -3.35. The molecule has 1 heterocycles. The van der Waals surface area contributed by atoms with Crippen LogP contribution in [-0.4, -0.2) is 25.5 Å². The molecule has 0 atom stereocenters. The molecule has 0 N–H and O–H groups in total. The predicted octanol–water partition coefficient (Wildman–Crippen LogP) is 3.20. The topological polar surface area (TPSA) is 71.5 Å². The van der Waals surface area contributed by atoms with Crippen molar-refractivity contribution in [3.05, 3.63) is 59.7 Å². The Hall–Kier alpha value is -2.47. The third-order valence-electron chi connectivity index (χ3n) is 4.96. The molecule has 2 aromatic carbocycles. The van der Waals surface area contributed by atoms with Crippen LogP contribution in [0.15, 0.2) is 53.4 Å². The first-order chi connectivity index (χ1) is 12.0. The molecule has 2 aliphatic rings. The lowest BCUT2D eigenvalue weighted by Gasteiger charge is -2.15. The highest BCUT2D eigenvalue weighted by Crippen LogP contribution is 2.32. The Kier molecular flexibility index (Phi) is 3.72. The number of benzene rings is 2. The minimum absolute atomic E-state index is 0.250. The van der Waals surface area contributed by atoms with Gasteiger partial charge in [-0.15, -0.1) is 0 Å². The summed E-state index contributed by atoms with van der Waals surface area (Å²) in [5.41, 5.74) is 1.13. The standard InChI is InChI=1S/C19H17NO4S/c21-18-16-7-3-4-8-17(16)19(22)20(18)13-9-11-15(12-10-13)25(23,24)14-5-1-2-6-14/h3-4,7-12,14H,1-2,5-6H2. The molecule has 1 fully saturated rings. The zero-order chi connectivity index (χ0) is 17.6. The molecule has 1 aliphatic carbocycles. The zero-order valence-electron chi connectivity index (χ0n) is 13.5. The van der Waals surface area contributed by atoms with Crippen molar-refractivity contribution in [2.24, 2.45) is 0 Å². The quantitative estimate of drug-likeness (QED) is 0.793. The molecule has 1 aliphatic heterocycles. The minimum atomic E-state index is -3.35. The monoisotopic (exact) mass is 355 g/mol. The van der Waals surface area contributed by atoms with Crippen LogP contribution in [0.4, 0.5) is 5.69 Å². The van der Waals surface area contributed by atoms with Gasteiger partial charge in [0.1, 0.15) is 0 Å². The molecule has 1 saturated carbocycles. The molecule has 6 heteroatoms. The SMILES string of the molecule is O=C1c2ccccc2C(=O)N1c1ccc(S(=O)(=O)C2CCCC2)cc1. The fourth-order valence-electron chi connectivity index (χ4n) is 3.60. The van der Waals surface area contributed by atoms with Crippen LogP contribution in [0.5, 0.6) is 0 Å². The van der Waals surface area contributed by atoms with Gasteiger partial charge in [-0.05, 0) is 49.2 Å². The van der Waals surface area contributed by atoms with Crippen molar-refractivity contribution in [3.63, 3.8) is 0 Å². The Balaban J connectivity index is 1.66. The van der Waals surface area contributed by atoms with E-state index in [1.54, 1.807) is 24.3 Å². The summed E-state index contributed by atoms with van der Waals surface area (Å²) in [6.07, 6.45) is 3.28. The van der Waals surface area contributed by atoms with Crippen LogP contribution >= 0.6 is 0 Å². The first-order valence-corrected chi connectivity index (χ1v) is 9.86. The summed E-state index contributed by atoms with van der Waals surface area (Å²) >= 11 is 0. The van der Waals surface area contributed by atoms with Gasteiger partial charge in [0.2, 0.25) is 0 Å². The van der Waals surface area contributed by atoms with Gasteiger partial charge >= 0.3 is 0 Å². The molecule has 128 valence electrons. The van der Waals surface area contributed by atoms with E-state index in [0.29, 0.717) is 29.7 Å².